The Kier molecular flexibility index (Phi) is 8.76. The van der Waals surface area contributed by atoms with Crippen molar-refractivity contribution >= 4 is 39.0 Å². The summed E-state index contributed by atoms with van der Waals surface area (Å²) in [6, 6.07) is 90.2. The third-order valence-electron chi connectivity index (χ3n) is 13.0. The van der Waals surface area contributed by atoms with Crippen LogP contribution in [0, 0.1) is 0 Å². The maximum absolute atomic E-state index is 6.75. The van der Waals surface area contributed by atoms with E-state index in [4.69, 9.17) is 4.42 Å². The Hall–Kier alpha value is -8.20. The maximum Gasteiger partial charge on any atom is 0.143 e. The molecule has 10 aromatic carbocycles. The van der Waals surface area contributed by atoms with Crippen LogP contribution in [0.4, 0.5) is 17.1 Å². The molecular weight excluding hydrogens is 763 g/mol. The van der Waals surface area contributed by atoms with Gasteiger partial charge in [0.25, 0.3) is 0 Å². The van der Waals surface area contributed by atoms with E-state index >= 15 is 0 Å². The maximum atomic E-state index is 6.75. The molecule has 0 spiro atoms. The Balaban J connectivity index is 1.16. The Labute approximate surface area is 367 Å². The lowest BCUT2D eigenvalue weighted by molar-refractivity contribution is 0.670. The van der Waals surface area contributed by atoms with Crippen molar-refractivity contribution in [3.63, 3.8) is 0 Å². The highest BCUT2D eigenvalue weighted by Gasteiger charge is 2.47. The van der Waals surface area contributed by atoms with Gasteiger partial charge in [-0.1, -0.05) is 224 Å². The molecule has 1 aliphatic carbocycles. The summed E-state index contributed by atoms with van der Waals surface area (Å²) in [5.41, 5.74) is 18.7. The van der Waals surface area contributed by atoms with Crippen LogP contribution in [0.3, 0.4) is 0 Å². The van der Waals surface area contributed by atoms with Crippen molar-refractivity contribution in [2.45, 2.75) is 5.41 Å². The largest absolute Gasteiger partial charge is 0.455 e. The number of fused-ring (bicyclic) bond motifs is 6. The first-order chi connectivity index (χ1) is 31.3. The van der Waals surface area contributed by atoms with E-state index in [1.807, 2.05) is 6.07 Å². The molecule has 2 heteroatoms. The highest BCUT2D eigenvalue weighted by molar-refractivity contribution is 6.11. The van der Waals surface area contributed by atoms with Crippen LogP contribution in [0.25, 0.3) is 66.4 Å². The second-order valence-electron chi connectivity index (χ2n) is 16.3. The van der Waals surface area contributed by atoms with Crippen molar-refractivity contribution in [2.24, 2.45) is 0 Å². The lowest BCUT2D eigenvalue weighted by Crippen LogP contribution is -2.28. The molecule has 0 saturated carbocycles. The van der Waals surface area contributed by atoms with E-state index in [0.29, 0.717) is 0 Å². The molecule has 11 aromatic rings. The van der Waals surface area contributed by atoms with Crippen LogP contribution in [0.15, 0.2) is 253 Å². The summed E-state index contributed by atoms with van der Waals surface area (Å²) in [7, 11) is 0. The average molecular weight is 804 g/mol. The van der Waals surface area contributed by atoms with Gasteiger partial charge < -0.3 is 9.32 Å². The summed E-state index contributed by atoms with van der Waals surface area (Å²) in [6.45, 7) is 0. The second kappa shape index (κ2) is 15.1. The number of rotatable bonds is 8. The molecule has 12 rings (SSSR count). The Morgan fingerprint density at radius 2 is 0.778 bits per heavy atom. The Morgan fingerprint density at radius 1 is 0.302 bits per heavy atom. The summed E-state index contributed by atoms with van der Waals surface area (Å²) >= 11 is 0. The number of nitrogens with zero attached hydrogens (tertiary/aromatic N) is 1. The van der Waals surface area contributed by atoms with E-state index in [-0.39, 0.29) is 0 Å². The smallest absolute Gasteiger partial charge is 0.143 e. The molecule has 0 amide bonds. The minimum absolute atomic E-state index is 0.553. The van der Waals surface area contributed by atoms with Gasteiger partial charge in [0.05, 0.1) is 22.5 Å². The lowest BCUT2D eigenvalue weighted by atomic mass is 9.68. The topological polar surface area (TPSA) is 16.4 Å². The van der Waals surface area contributed by atoms with Crippen molar-refractivity contribution in [3.05, 3.63) is 271 Å². The fourth-order valence-corrected chi connectivity index (χ4v) is 10.3. The second-order valence-corrected chi connectivity index (χ2v) is 16.3. The third-order valence-corrected chi connectivity index (χ3v) is 13.0. The number of anilines is 3. The fourth-order valence-electron chi connectivity index (χ4n) is 10.3. The summed E-state index contributed by atoms with van der Waals surface area (Å²) in [5, 5.41) is 2.22. The van der Waals surface area contributed by atoms with Crippen LogP contribution in [0.2, 0.25) is 0 Å². The van der Waals surface area contributed by atoms with Crippen LogP contribution in [0.5, 0.6) is 0 Å². The highest BCUT2D eigenvalue weighted by Crippen LogP contribution is 2.60. The van der Waals surface area contributed by atoms with E-state index in [1.165, 1.54) is 44.5 Å². The normalized spacial score (nSPS) is 12.6. The van der Waals surface area contributed by atoms with Crippen molar-refractivity contribution in [3.8, 4) is 44.5 Å². The van der Waals surface area contributed by atoms with Gasteiger partial charge in [0.1, 0.15) is 11.2 Å². The molecule has 1 aromatic heterocycles. The SMILES string of the molecule is c1ccc(-c2ccc(-c3ccccc3N(c3ccccc3-c3cccc4c3oc3ccccc34)c3cccc4c3-c3ccccc3C4(c3ccccc3)c3ccccc3)cc2)cc1. The van der Waals surface area contributed by atoms with Crippen molar-refractivity contribution in [1.29, 1.82) is 0 Å². The monoisotopic (exact) mass is 803 g/mol. The third kappa shape index (κ3) is 5.80. The first-order valence-corrected chi connectivity index (χ1v) is 21.7. The van der Waals surface area contributed by atoms with Gasteiger partial charge in [0.15, 0.2) is 0 Å². The minimum atomic E-state index is -0.553. The molecule has 296 valence electrons. The van der Waals surface area contributed by atoms with Crippen LogP contribution >= 0.6 is 0 Å². The fraction of sp³-hybridized carbons (Fsp3) is 0.0164. The van der Waals surface area contributed by atoms with E-state index in [0.717, 1.165) is 61.3 Å². The lowest BCUT2D eigenvalue weighted by Gasteiger charge is -2.35. The number of hydrogen-bond donors (Lipinski definition) is 0. The summed E-state index contributed by atoms with van der Waals surface area (Å²) < 4.78 is 6.75. The van der Waals surface area contributed by atoms with Gasteiger partial charge in [0.2, 0.25) is 0 Å². The molecule has 1 aliphatic rings. The molecular formula is C61H41NO. The standard InChI is InChI=1S/C61H41NO/c1-4-20-42(21-5-1)43-38-40-44(41-39-43)47-26-11-15-34-55(47)62(56-35-16-12-27-48(56)50-30-18-31-51-49-28-13-17-37-58(49)63-60(50)51)57-36-19-33-54-59(57)52-29-10-14-32-53(52)61(54,45-22-6-2-7-23-45)46-24-8-3-9-25-46/h1-41H. The van der Waals surface area contributed by atoms with Crippen LogP contribution in [-0.4, -0.2) is 0 Å². The van der Waals surface area contributed by atoms with E-state index < -0.39 is 5.41 Å². The van der Waals surface area contributed by atoms with E-state index in [9.17, 15) is 0 Å². The average Bonchev–Trinajstić information content (AvgIpc) is 3.90. The van der Waals surface area contributed by atoms with Crippen LogP contribution < -0.4 is 4.90 Å². The summed E-state index contributed by atoms with van der Waals surface area (Å²) in [5.74, 6) is 0. The minimum Gasteiger partial charge on any atom is -0.455 e. The van der Waals surface area contributed by atoms with Gasteiger partial charge in [-0.15, -0.1) is 0 Å². The van der Waals surface area contributed by atoms with Gasteiger partial charge in [-0.2, -0.15) is 0 Å². The zero-order valence-electron chi connectivity index (χ0n) is 34.5. The van der Waals surface area contributed by atoms with Crippen molar-refractivity contribution < 1.29 is 4.42 Å². The quantitative estimate of drug-likeness (QED) is 0.152. The zero-order valence-corrected chi connectivity index (χ0v) is 34.5. The van der Waals surface area contributed by atoms with E-state index in [2.05, 4.69) is 248 Å². The van der Waals surface area contributed by atoms with Gasteiger partial charge in [-0.3, -0.25) is 0 Å². The predicted octanol–water partition coefficient (Wildman–Crippen LogP) is 16.4. The summed E-state index contributed by atoms with van der Waals surface area (Å²) in [4.78, 5) is 2.51. The number of para-hydroxylation sites is 4. The first kappa shape index (κ1) is 36.6. The first-order valence-electron chi connectivity index (χ1n) is 21.7. The molecule has 63 heavy (non-hydrogen) atoms. The van der Waals surface area contributed by atoms with Crippen molar-refractivity contribution in [2.75, 3.05) is 4.90 Å². The van der Waals surface area contributed by atoms with Gasteiger partial charge in [0, 0.05) is 33.0 Å². The van der Waals surface area contributed by atoms with Crippen LogP contribution in [0.1, 0.15) is 22.3 Å². The molecule has 0 N–H and O–H groups in total. The molecule has 0 fully saturated rings. The van der Waals surface area contributed by atoms with Crippen LogP contribution in [-0.2, 0) is 5.41 Å². The number of furan rings is 1. The van der Waals surface area contributed by atoms with Gasteiger partial charge in [-0.25, -0.2) is 0 Å². The number of hydrogen-bond acceptors (Lipinski definition) is 2. The van der Waals surface area contributed by atoms with Gasteiger partial charge >= 0.3 is 0 Å². The Morgan fingerprint density at radius 3 is 1.51 bits per heavy atom. The molecule has 0 unspecified atom stereocenters. The molecule has 0 saturated heterocycles. The van der Waals surface area contributed by atoms with E-state index in [1.54, 1.807) is 0 Å². The molecule has 2 nitrogen and oxygen atoms in total. The number of benzene rings is 10. The van der Waals surface area contributed by atoms with Gasteiger partial charge in [-0.05, 0) is 68.8 Å². The summed E-state index contributed by atoms with van der Waals surface area (Å²) in [6.07, 6.45) is 0. The predicted molar refractivity (Wildman–Crippen MR) is 262 cm³/mol. The molecule has 0 bridgehead atoms. The Bertz CT molecular complexity index is 3400. The molecule has 0 radical (unpaired) electrons. The molecule has 0 atom stereocenters. The highest BCUT2D eigenvalue weighted by atomic mass is 16.3. The molecule has 1 heterocycles. The van der Waals surface area contributed by atoms with Crippen molar-refractivity contribution in [1.82, 2.24) is 0 Å². The zero-order chi connectivity index (χ0) is 41.7. The molecule has 0 aliphatic heterocycles.